The van der Waals surface area contributed by atoms with E-state index < -0.39 is 58.8 Å². The van der Waals surface area contributed by atoms with Crippen LogP contribution in [0.3, 0.4) is 0 Å². The number of rotatable bonds is 7. The van der Waals surface area contributed by atoms with E-state index >= 15 is 0 Å². The zero-order chi connectivity index (χ0) is 28.8. The van der Waals surface area contributed by atoms with E-state index in [9.17, 15) is 31.9 Å². The molecule has 1 aliphatic carbocycles. The Hall–Kier alpha value is -2.38. The van der Waals surface area contributed by atoms with Gasteiger partial charge in [-0.2, -0.15) is 26.7 Å². The number of hydrogen-bond donors (Lipinski definition) is 2. The molecule has 0 radical (unpaired) electrons. The number of alkyl halides is 3. The van der Waals surface area contributed by atoms with E-state index in [4.69, 9.17) is 20.0 Å². The van der Waals surface area contributed by atoms with Crippen LogP contribution in [0.4, 0.5) is 22.0 Å². The summed E-state index contributed by atoms with van der Waals surface area (Å²) < 4.78 is 86.3. The van der Waals surface area contributed by atoms with Crippen molar-refractivity contribution >= 4 is 29.1 Å². The molecule has 14 heteroatoms. The lowest BCUT2D eigenvalue weighted by molar-refractivity contribution is -0.169. The third-order valence-electron chi connectivity index (χ3n) is 6.63. The molecular weight excluding hydrogens is 557 g/mol. The molecule has 1 fully saturated rings. The molecule has 38 heavy (non-hydrogen) atoms. The minimum atomic E-state index is -4.50. The summed E-state index contributed by atoms with van der Waals surface area (Å²) in [6.45, 7) is 4.77. The highest BCUT2D eigenvalue weighted by Crippen LogP contribution is 2.37. The Morgan fingerprint density at radius 3 is 2.26 bits per heavy atom. The lowest BCUT2D eigenvalue weighted by Crippen LogP contribution is -2.45. The van der Waals surface area contributed by atoms with Crippen molar-refractivity contribution in [2.75, 3.05) is 6.54 Å². The smallest absolute Gasteiger partial charge is 0.388 e. The molecule has 0 spiro atoms. The van der Waals surface area contributed by atoms with Crippen molar-refractivity contribution < 1.29 is 40.3 Å². The van der Waals surface area contributed by atoms with E-state index in [1.54, 1.807) is 6.92 Å². The third kappa shape index (κ3) is 7.82. The number of aliphatic hydroxyl groups is 1. The molecule has 3 rings (SSSR count). The molecular formula is C24H29ClF5N3O4S. The van der Waals surface area contributed by atoms with Crippen molar-refractivity contribution in [3.8, 4) is 11.3 Å². The number of benzene rings is 1. The third-order valence-corrected chi connectivity index (χ3v) is 6.99. The first-order valence-electron chi connectivity index (χ1n) is 11.9. The summed E-state index contributed by atoms with van der Waals surface area (Å²) in [5.41, 5.74) is -2.22. The standard InChI is InChI=1S/C24H29ClF5N3O2.O2S/c1-4-33-21(18-16(26)10-15(11-17(18)27)9-14(3)24(28,29)30)19(25)20(32-33)22(34)31-12-23(35)7-5-13(2)6-8-23;1-3-2/h10-11,13-14,35H,4-9,12H2,1-3H3,(H,31,34);/t13?,14-,23?;/m1./s1. The van der Waals surface area contributed by atoms with Gasteiger partial charge in [0.15, 0.2) is 5.69 Å². The van der Waals surface area contributed by atoms with Gasteiger partial charge in [0.05, 0.1) is 27.8 Å². The van der Waals surface area contributed by atoms with Gasteiger partial charge in [-0.15, -0.1) is 0 Å². The maximum Gasteiger partial charge on any atom is 0.391 e. The Kier molecular flexibility index (Phi) is 11.0. The maximum absolute atomic E-state index is 15.0. The molecule has 0 saturated heterocycles. The van der Waals surface area contributed by atoms with Crippen molar-refractivity contribution in [2.24, 2.45) is 11.8 Å². The Bertz CT molecular complexity index is 1150. The van der Waals surface area contributed by atoms with Crippen LogP contribution in [-0.4, -0.2) is 47.5 Å². The minimum Gasteiger partial charge on any atom is -0.388 e. The van der Waals surface area contributed by atoms with Crippen LogP contribution in [0.1, 0.15) is 62.5 Å². The van der Waals surface area contributed by atoms with E-state index in [0.717, 1.165) is 36.6 Å². The monoisotopic (exact) mass is 585 g/mol. The Balaban J connectivity index is 0.00000161. The first-order valence-corrected chi connectivity index (χ1v) is 13.0. The molecule has 1 heterocycles. The van der Waals surface area contributed by atoms with Gasteiger partial charge in [-0.1, -0.05) is 25.4 Å². The van der Waals surface area contributed by atoms with Crippen LogP contribution in [0.2, 0.25) is 5.02 Å². The highest BCUT2D eigenvalue weighted by atomic mass is 35.5. The maximum atomic E-state index is 15.0. The number of carbonyl (C=O) groups is 1. The Labute approximate surface area is 225 Å². The van der Waals surface area contributed by atoms with E-state index in [2.05, 4.69) is 17.3 Å². The van der Waals surface area contributed by atoms with Crippen LogP contribution in [0, 0.1) is 23.5 Å². The second-order valence-electron chi connectivity index (χ2n) is 9.57. The summed E-state index contributed by atoms with van der Waals surface area (Å²) >= 11 is 5.60. The van der Waals surface area contributed by atoms with E-state index in [-0.39, 0.29) is 35.1 Å². The molecule has 7 nitrogen and oxygen atoms in total. The number of nitrogens with one attached hydrogen (secondary N) is 1. The van der Waals surface area contributed by atoms with Gasteiger partial charge in [0.2, 0.25) is 0 Å². The molecule has 1 aromatic carbocycles. The van der Waals surface area contributed by atoms with Crippen LogP contribution in [0.25, 0.3) is 11.3 Å². The zero-order valence-corrected chi connectivity index (χ0v) is 22.6. The number of hydrogen-bond acceptors (Lipinski definition) is 5. The molecule has 1 atom stereocenters. The number of nitrogens with zero attached hydrogens (tertiary/aromatic N) is 2. The number of aryl methyl sites for hydroxylation is 1. The number of aromatic nitrogens is 2. The largest absolute Gasteiger partial charge is 0.391 e. The zero-order valence-electron chi connectivity index (χ0n) is 21.0. The van der Waals surface area contributed by atoms with Crippen LogP contribution < -0.4 is 5.32 Å². The fourth-order valence-electron chi connectivity index (χ4n) is 4.30. The van der Waals surface area contributed by atoms with E-state index in [1.807, 2.05) is 0 Å². The molecule has 2 N–H and O–H groups in total. The van der Waals surface area contributed by atoms with Gasteiger partial charge in [0, 0.05) is 13.1 Å². The number of halogens is 6. The fourth-order valence-corrected chi connectivity index (χ4v) is 4.61. The SMILES string of the molecule is CCn1nc(C(=O)NCC2(O)CCC(C)CC2)c(Cl)c1-c1c(F)cc(C[C@@H](C)C(F)(F)F)cc1F.O=S=O. The summed E-state index contributed by atoms with van der Waals surface area (Å²) in [4.78, 5) is 12.8. The lowest BCUT2D eigenvalue weighted by Gasteiger charge is -2.34. The average Bonchev–Trinajstić information content (AvgIpc) is 3.15. The van der Waals surface area contributed by atoms with Crippen molar-refractivity contribution in [3.63, 3.8) is 0 Å². The van der Waals surface area contributed by atoms with Crippen molar-refractivity contribution in [1.29, 1.82) is 0 Å². The molecule has 1 aliphatic rings. The molecule has 1 aromatic heterocycles. The van der Waals surface area contributed by atoms with E-state index in [0.29, 0.717) is 18.8 Å². The van der Waals surface area contributed by atoms with Gasteiger partial charge < -0.3 is 10.4 Å². The van der Waals surface area contributed by atoms with Crippen molar-refractivity contribution in [3.05, 3.63) is 40.0 Å². The van der Waals surface area contributed by atoms with Gasteiger partial charge in [-0.05, 0) is 62.6 Å². The fraction of sp³-hybridized carbons (Fsp3) is 0.583. The molecule has 0 unspecified atom stereocenters. The van der Waals surface area contributed by atoms with Crippen LogP contribution >= 0.6 is 11.6 Å². The second kappa shape index (κ2) is 13.1. The first-order chi connectivity index (χ1) is 17.7. The Morgan fingerprint density at radius 1 is 1.26 bits per heavy atom. The number of carbonyl (C=O) groups excluding carboxylic acids is 1. The van der Waals surface area contributed by atoms with Gasteiger partial charge in [0.1, 0.15) is 11.6 Å². The topological polar surface area (TPSA) is 101 Å². The molecule has 1 amide bonds. The first kappa shape index (κ1) is 31.8. The highest BCUT2D eigenvalue weighted by Gasteiger charge is 2.36. The predicted molar refractivity (Wildman–Crippen MR) is 131 cm³/mol. The van der Waals surface area contributed by atoms with Crippen LogP contribution in [0.15, 0.2) is 12.1 Å². The van der Waals surface area contributed by atoms with Crippen molar-refractivity contribution in [2.45, 2.75) is 71.2 Å². The molecule has 2 aromatic rings. The minimum absolute atomic E-state index is 0.0159. The lowest BCUT2D eigenvalue weighted by atomic mass is 9.79. The van der Waals surface area contributed by atoms with Gasteiger partial charge in [0.25, 0.3) is 5.91 Å². The van der Waals surface area contributed by atoms with Gasteiger partial charge in [-0.25, -0.2) is 8.78 Å². The highest BCUT2D eigenvalue weighted by molar-refractivity contribution is 7.51. The molecule has 1 saturated carbocycles. The van der Waals surface area contributed by atoms with Gasteiger partial charge in [-0.3, -0.25) is 9.48 Å². The predicted octanol–water partition coefficient (Wildman–Crippen LogP) is 5.24. The summed E-state index contributed by atoms with van der Waals surface area (Å²) in [5, 5.41) is 17.1. The molecule has 0 aliphatic heterocycles. The second-order valence-corrected chi connectivity index (χ2v) is 10.1. The summed E-state index contributed by atoms with van der Waals surface area (Å²) in [6.07, 6.45) is -2.36. The summed E-state index contributed by atoms with van der Waals surface area (Å²) in [5.74, 6) is -4.20. The van der Waals surface area contributed by atoms with Gasteiger partial charge >= 0.3 is 17.7 Å². The number of amides is 1. The summed E-state index contributed by atoms with van der Waals surface area (Å²) in [6, 6.07) is 1.67. The van der Waals surface area contributed by atoms with Crippen LogP contribution in [0.5, 0.6) is 0 Å². The van der Waals surface area contributed by atoms with Crippen LogP contribution in [-0.2, 0) is 24.5 Å². The Morgan fingerprint density at radius 2 is 1.79 bits per heavy atom. The normalized spacial score (nSPS) is 20.3. The van der Waals surface area contributed by atoms with Crippen molar-refractivity contribution in [1.82, 2.24) is 15.1 Å². The average molecular weight is 586 g/mol. The molecule has 0 bridgehead atoms. The quantitative estimate of drug-likeness (QED) is 0.433. The molecule has 212 valence electrons. The summed E-state index contributed by atoms with van der Waals surface area (Å²) in [7, 11) is 0. The van der Waals surface area contributed by atoms with E-state index in [1.165, 1.54) is 0 Å².